The van der Waals surface area contributed by atoms with E-state index in [0.717, 1.165) is 55.1 Å². The summed E-state index contributed by atoms with van der Waals surface area (Å²) in [7, 11) is 0. The quantitative estimate of drug-likeness (QED) is 0.553. The number of benzene rings is 1. The van der Waals surface area contributed by atoms with Crippen LogP contribution < -0.4 is 20.9 Å². The third kappa shape index (κ3) is 4.94. The minimum absolute atomic E-state index is 0.176. The lowest BCUT2D eigenvalue weighted by Crippen LogP contribution is -2.34. The smallest absolute Gasteiger partial charge is 0.255 e. The Labute approximate surface area is 187 Å². The van der Waals surface area contributed by atoms with Gasteiger partial charge < -0.3 is 20.9 Å². The van der Waals surface area contributed by atoms with Crippen LogP contribution in [0.3, 0.4) is 0 Å². The SMILES string of the molecule is CCOc1cc(CN2CCC[C@@H](c3cc(N)n4nc(C)cc4n3)C2)ccc1OCC(N)=O. The van der Waals surface area contributed by atoms with Gasteiger partial charge in [-0.3, -0.25) is 9.69 Å². The van der Waals surface area contributed by atoms with Gasteiger partial charge in [0.2, 0.25) is 0 Å². The van der Waals surface area contributed by atoms with E-state index in [4.69, 9.17) is 25.9 Å². The molecule has 1 atom stereocenters. The van der Waals surface area contributed by atoms with Gasteiger partial charge in [0, 0.05) is 31.1 Å². The molecule has 0 aliphatic carbocycles. The van der Waals surface area contributed by atoms with Crippen LogP contribution in [-0.2, 0) is 11.3 Å². The average Bonchev–Trinajstić information content (AvgIpc) is 3.14. The first-order valence-corrected chi connectivity index (χ1v) is 10.9. The number of piperidine rings is 1. The summed E-state index contributed by atoms with van der Waals surface area (Å²) in [5, 5.41) is 4.39. The number of fused-ring (bicyclic) bond motifs is 1. The molecule has 1 amide bonds. The zero-order chi connectivity index (χ0) is 22.7. The summed E-state index contributed by atoms with van der Waals surface area (Å²) in [5.74, 6) is 1.55. The number of nitrogen functional groups attached to an aromatic ring is 1. The van der Waals surface area contributed by atoms with Crippen LogP contribution in [0.5, 0.6) is 11.5 Å². The highest BCUT2D eigenvalue weighted by Gasteiger charge is 2.24. The molecule has 4 N–H and O–H groups in total. The molecule has 0 spiro atoms. The summed E-state index contributed by atoms with van der Waals surface area (Å²) in [6.07, 6.45) is 2.17. The van der Waals surface area contributed by atoms with E-state index < -0.39 is 5.91 Å². The molecule has 4 rings (SSSR count). The zero-order valence-corrected chi connectivity index (χ0v) is 18.6. The van der Waals surface area contributed by atoms with Crippen LogP contribution >= 0.6 is 0 Å². The Hall–Kier alpha value is -3.33. The number of hydrogen-bond acceptors (Lipinski definition) is 7. The standard InChI is InChI=1S/C23H30N6O3/c1-3-31-20-10-16(6-7-19(20)32-14-22(25)30)12-28-8-4-5-17(13-28)18-11-21(24)29-23(26-18)9-15(2)27-29/h6-7,9-11,17H,3-5,8,12-14,24H2,1-2H3,(H2,25,30)/t17-/m1/s1. The summed E-state index contributed by atoms with van der Waals surface area (Å²) >= 11 is 0. The highest BCUT2D eigenvalue weighted by atomic mass is 16.5. The Bertz CT molecular complexity index is 1110. The molecule has 0 unspecified atom stereocenters. The summed E-state index contributed by atoms with van der Waals surface area (Å²) in [5.41, 5.74) is 15.3. The van der Waals surface area contributed by atoms with E-state index in [1.54, 1.807) is 4.52 Å². The normalized spacial score (nSPS) is 16.9. The number of primary amides is 1. The topological polar surface area (TPSA) is 121 Å². The van der Waals surface area contributed by atoms with Crippen molar-refractivity contribution in [1.82, 2.24) is 19.5 Å². The summed E-state index contributed by atoms with van der Waals surface area (Å²) in [6.45, 7) is 6.89. The van der Waals surface area contributed by atoms with Gasteiger partial charge in [-0.05, 0) is 50.9 Å². The van der Waals surface area contributed by atoms with Crippen LogP contribution in [0.4, 0.5) is 5.82 Å². The number of nitrogens with zero attached hydrogens (tertiary/aromatic N) is 4. The molecule has 1 saturated heterocycles. The molecule has 0 saturated carbocycles. The monoisotopic (exact) mass is 438 g/mol. The molecule has 3 heterocycles. The largest absolute Gasteiger partial charge is 0.490 e. The van der Waals surface area contributed by atoms with Crippen LogP contribution in [0, 0.1) is 6.92 Å². The number of ether oxygens (including phenoxy) is 2. The Balaban J connectivity index is 1.48. The second kappa shape index (κ2) is 9.44. The van der Waals surface area contributed by atoms with Crippen molar-refractivity contribution in [2.45, 2.75) is 39.2 Å². The van der Waals surface area contributed by atoms with Crippen molar-refractivity contribution < 1.29 is 14.3 Å². The third-order valence-electron chi connectivity index (χ3n) is 5.60. The van der Waals surface area contributed by atoms with Crippen LogP contribution in [0.2, 0.25) is 0 Å². The molecule has 3 aromatic rings. The summed E-state index contributed by atoms with van der Waals surface area (Å²) in [4.78, 5) is 18.3. The minimum atomic E-state index is -0.519. The number of anilines is 1. The predicted molar refractivity (Wildman–Crippen MR) is 122 cm³/mol. The fourth-order valence-corrected chi connectivity index (χ4v) is 4.23. The van der Waals surface area contributed by atoms with E-state index in [9.17, 15) is 4.79 Å². The van der Waals surface area contributed by atoms with Gasteiger partial charge in [0.15, 0.2) is 23.8 Å². The highest BCUT2D eigenvalue weighted by molar-refractivity contribution is 5.75. The van der Waals surface area contributed by atoms with E-state index in [2.05, 4.69) is 10.00 Å². The van der Waals surface area contributed by atoms with Gasteiger partial charge in [-0.15, -0.1) is 0 Å². The molecule has 1 aliphatic rings. The summed E-state index contributed by atoms with van der Waals surface area (Å²) in [6, 6.07) is 9.71. The molecular weight excluding hydrogens is 408 g/mol. The van der Waals surface area contributed by atoms with E-state index in [1.807, 2.05) is 44.2 Å². The number of likely N-dealkylation sites (tertiary alicyclic amines) is 1. The number of carbonyl (C=O) groups is 1. The van der Waals surface area contributed by atoms with E-state index in [1.165, 1.54) is 0 Å². The first-order valence-electron chi connectivity index (χ1n) is 10.9. The number of aryl methyl sites for hydroxylation is 1. The van der Waals surface area contributed by atoms with Crippen LogP contribution in [0.15, 0.2) is 30.3 Å². The fraction of sp³-hybridized carbons (Fsp3) is 0.435. The van der Waals surface area contributed by atoms with Gasteiger partial charge in [0.1, 0.15) is 5.82 Å². The number of nitrogens with two attached hydrogens (primary N) is 2. The number of aromatic nitrogens is 3. The van der Waals surface area contributed by atoms with Crippen molar-refractivity contribution in [2.75, 3.05) is 32.0 Å². The Morgan fingerprint density at radius 3 is 2.84 bits per heavy atom. The second-order valence-corrected chi connectivity index (χ2v) is 8.20. The van der Waals surface area contributed by atoms with Crippen molar-refractivity contribution in [3.05, 3.63) is 47.3 Å². The molecule has 1 aliphatic heterocycles. The zero-order valence-electron chi connectivity index (χ0n) is 18.6. The van der Waals surface area contributed by atoms with Crippen molar-refractivity contribution in [3.63, 3.8) is 0 Å². The minimum Gasteiger partial charge on any atom is -0.490 e. The van der Waals surface area contributed by atoms with Crippen LogP contribution in [-0.4, -0.2) is 51.7 Å². The molecule has 2 aromatic heterocycles. The molecule has 0 radical (unpaired) electrons. The van der Waals surface area contributed by atoms with Crippen molar-refractivity contribution in [2.24, 2.45) is 5.73 Å². The second-order valence-electron chi connectivity index (χ2n) is 8.20. The first-order chi connectivity index (χ1) is 15.4. The fourth-order valence-electron chi connectivity index (χ4n) is 4.23. The number of rotatable bonds is 8. The van der Waals surface area contributed by atoms with Gasteiger partial charge in [-0.25, -0.2) is 4.98 Å². The van der Waals surface area contributed by atoms with Crippen molar-refractivity contribution >= 4 is 17.4 Å². The molecule has 1 aromatic carbocycles. The van der Waals surface area contributed by atoms with E-state index >= 15 is 0 Å². The predicted octanol–water partition coefficient (Wildman–Crippen LogP) is 2.26. The van der Waals surface area contributed by atoms with E-state index in [-0.39, 0.29) is 6.61 Å². The molecule has 9 nitrogen and oxygen atoms in total. The third-order valence-corrected chi connectivity index (χ3v) is 5.60. The van der Waals surface area contributed by atoms with Crippen molar-refractivity contribution in [3.8, 4) is 11.5 Å². The molecule has 170 valence electrons. The van der Waals surface area contributed by atoms with Gasteiger partial charge in [-0.1, -0.05) is 6.07 Å². The Morgan fingerprint density at radius 1 is 1.22 bits per heavy atom. The number of carbonyl (C=O) groups excluding carboxylic acids is 1. The first kappa shape index (κ1) is 21.9. The molecular formula is C23H30N6O3. The highest BCUT2D eigenvalue weighted by Crippen LogP contribution is 2.31. The molecule has 9 heteroatoms. The lowest BCUT2D eigenvalue weighted by molar-refractivity contribution is -0.119. The Kier molecular flexibility index (Phi) is 6.45. The van der Waals surface area contributed by atoms with Gasteiger partial charge >= 0.3 is 0 Å². The Morgan fingerprint density at radius 2 is 2.06 bits per heavy atom. The maximum absolute atomic E-state index is 11.0. The van der Waals surface area contributed by atoms with Crippen LogP contribution in [0.25, 0.3) is 5.65 Å². The number of amides is 1. The lowest BCUT2D eigenvalue weighted by atomic mass is 9.94. The number of hydrogen-bond donors (Lipinski definition) is 2. The van der Waals surface area contributed by atoms with Gasteiger partial charge in [0.05, 0.1) is 18.0 Å². The maximum Gasteiger partial charge on any atom is 0.255 e. The maximum atomic E-state index is 11.0. The van der Waals surface area contributed by atoms with Gasteiger partial charge in [-0.2, -0.15) is 9.61 Å². The summed E-state index contributed by atoms with van der Waals surface area (Å²) < 4.78 is 12.9. The van der Waals surface area contributed by atoms with Crippen molar-refractivity contribution in [1.29, 1.82) is 0 Å². The molecule has 0 bridgehead atoms. The molecule has 32 heavy (non-hydrogen) atoms. The van der Waals surface area contributed by atoms with E-state index in [0.29, 0.717) is 29.8 Å². The lowest BCUT2D eigenvalue weighted by Gasteiger charge is -2.32. The van der Waals surface area contributed by atoms with Crippen LogP contribution in [0.1, 0.15) is 42.6 Å². The average molecular weight is 439 g/mol. The van der Waals surface area contributed by atoms with Gasteiger partial charge in [0.25, 0.3) is 5.91 Å². The molecule has 1 fully saturated rings.